The van der Waals surface area contributed by atoms with E-state index >= 15 is 0 Å². The van der Waals surface area contributed by atoms with Crippen LogP contribution in [0, 0.1) is 5.82 Å². The Balaban J connectivity index is 2.04. The molecule has 1 aliphatic heterocycles. The third kappa shape index (κ3) is 2.64. The van der Waals surface area contributed by atoms with Crippen molar-refractivity contribution in [2.24, 2.45) is 0 Å². The summed E-state index contributed by atoms with van der Waals surface area (Å²) in [5.74, 6) is -0.928. The molecule has 1 N–H and O–H groups in total. The van der Waals surface area contributed by atoms with E-state index in [9.17, 15) is 9.18 Å². The van der Waals surface area contributed by atoms with Crippen LogP contribution in [0.3, 0.4) is 0 Å². The summed E-state index contributed by atoms with van der Waals surface area (Å²) in [6.45, 7) is 3.20. The van der Waals surface area contributed by atoms with Crippen LogP contribution in [0.2, 0.25) is 0 Å². The topological polar surface area (TPSA) is 45.2 Å². The van der Waals surface area contributed by atoms with Crippen LogP contribution in [0.25, 0.3) is 0 Å². The molecule has 4 nitrogen and oxygen atoms in total. The summed E-state index contributed by atoms with van der Waals surface area (Å²) < 4.78 is 13.8. The first-order valence-corrected chi connectivity index (χ1v) is 6.89. The Morgan fingerprint density at radius 2 is 2.19 bits per heavy atom. The van der Waals surface area contributed by atoms with Crippen molar-refractivity contribution in [1.29, 1.82) is 0 Å². The number of nitrogens with one attached hydrogen (secondary N) is 1. The van der Waals surface area contributed by atoms with Crippen LogP contribution in [-0.2, 0) is 6.54 Å². The third-order valence-corrected chi connectivity index (χ3v) is 3.63. The monoisotopic (exact) mass is 285 g/mol. The average molecular weight is 285 g/mol. The second kappa shape index (κ2) is 5.61. The zero-order chi connectivity index (χ0) is 14.8. The number of nitrogens with zero attached hydrogens (tertiary/aromatic N) is 2. The molecule has 5 heteroatoms. The number of hydrogen-bond donors (Lipinski definition) is 1. The molecule has 1 atom stereocenters. The predicted octanol–water partition coefficient (Wildman–Crippen LogP) is 2.36. The Kier molecular flexibility index (Phi) is 3.66. The minimum Gasteiger partial charge on any atom is -0.308 e. The van der Waals surface area contributed by atoms with Gasteiger partial charge in [0.05, 0.1) is 11.8 Å². The SMILES string of the molecule is CC1CN(C(=O)c2ccncc2F)c2ccccc2CN1. The van der Waals surface area contributed by atoms with Gasteiger partial charge in [0.25, 0.3) is 5.91 Å². The Hall–Kier alpha value is -2.27. The van der Waals surface area contributed by atoms with Crippen LogP contribution in [0.1, 0.15) is 22.8 Å². The lowest BCUT2D eigenvalue weighted by Gasteiger charge is -2.24. The molecular formula is C16H16FN3O. The van der Waals surface area contributed by atoms with Crippen molar-refractivity contribution >= 4 is 11.6 Å². The number of fused-ring (bicyclic) bond motifs is 1. The van der Waals surface area contributed by atoms with Crippen molar-refractivity contribution in [3.05, 3.63) is 59.7 Å². The molecule has 3 rings (SSSR count). The second-order valence-electron chi connectivity index (χ2n) is 5.18. The molecule has 1 aliphatic rings. The molecule has 0 spiro atoms. The quantitative estimate of drug-likeness (QED) is 0.875. The Labute approximate surface area is 122 Å². The molecule has 21 heavy (non-hydrogen) atoms. The van der Waals surface area contributed by atoms with E-state index in [1.807, 2.05) is 31.2 Å². The number of halogens is 1. The summed E-state index contributed by atoms with van der Waals surface area (Å²) >= 11 is 0. The highest BCUT2D eigenvalue weighted by molar-refractivity contribution is 6.06. The van der Waals surface area contributed by atoms with Crippen molar-refractivity contribution in [1.82, 2.24) is 10.3 Å². The van der Waals surface area contributed by atoms with Crippen molar-refractivity contribution in [3.63, 3.8) is 0 Å². The number of carbonyl (C=O) groups is 1. The summed E-state index contributed by atoms with van der Waals surface area (Å²) in [6.07, 6.45) is 2.50. The summed E-state index contributed by atoms with van der Waals surface area (Å²) in [4.78, 5) is 18.0. The van der Waals surface area contributed by atoms with Gasteiger partial charge in [-0.2, -0.15) is 0 Å². The zero-order valence-electron chi connectivity index (χ0n) is 11.7. The van der Waals surface area contributed by atoms with Crippen molar-refractivity contribution < 1.29 is 9.18 Å². The number of pyridine rings is 1. The van der Waals surface area contributed by atoms with Crippen LogP contribution in [-0.4, -0.2) is 23.5 Å². The molecular weight excluding hydrogens is 269 g/mol. The van der Waals surface area contributed by atoms with E-state index < -0.39 is 5.82 Å². The lowest BCUT2D eigenvalue weighted by Crippen LogP contribution is -2.40. The largest absolute Gasteiger partial charge is 0.308 e. The number of hydrogen-bond acceptors (Lipinski definition) is 3. The molecule has 1 unspecified atom stereocenters. The van der Waals surface area contributed by atoms with Crippen molar-refractivity contribution in [2.45, 2.75) is 19.5 Å². The van der Waals surface area contributed by atoms with Crippen LogP contribution >= 0.6 is 0 Å². The Morgan fingerprint density at radius 3 is 3.00 bits per heavy atom. The van der Waals surface area contributed by atoms with Crippen LogP contribution in [0.15, 0.2) is 42.7 Å². The van der Waals surface area contributed by atoms with Gasteiger partial charge in [-0.25, -0.2) is 4.39 Å². The second-order valence-corrected chi connectivity index (χ2v) is 5.18. The molecule has 1 amide bonds. The van der Waals surface area contributed by atoms with Gasteiger partial charge in [-0.15, -0.1) is 0 Å². The van der Waals surface area contributed by atoms with Gasteiger partial charge in [-0.05, 0) is 24.6 Å². The molecule has 1 aromatic heterocycles. The van der Waals surface area contributed by atoms with Crippen LogP contribution < -0.4 is 10.2 Å². The van der Waals surface area contributed by atoms with Crippen LogP contribution in [0.4, 0.5) is 10.1 Å². The van der Waals surface area contributed by atoms with Gasteiger partial charge >= 0.3 is 0 Å². The van der Waals surface area contributed by atoms with Gasteiger partial charge in [0.2, 0.25) is 0 Å². The standard InChI is InChI=1S/C16H16FN3O/c1-11-10-20(15-5-3-2-4-12(15)8-19-11)16(21)13-6-7-18-9-14(13)17/h2-7,9,11,19H,8,10H2,1H3. The summed E-state index contributed by atoms with van der Waals surface area (Å²) in [5.41, 5.74) is 1.91. The van der Waals surface area contributed by atoms with E-state index in [2.05, 4.69) is 10.3 Å². The third-order valence-electron chi connectivity index (χ3n) is 3.63. The average Bonchev–Trinajstić information content (AvgIpc) is 2.67. The molecule has 1 aromatic carbocycles. The number of amides is 1. The molecule has 0 saturated carbocycles. The molecule has 0 fully saturated rings. The highest BCUT2D eigenvalue weighted by atomic mass is 19.1. The maximum atomic E-state index is 13.8. The van der Waals surface area contributed by atoms with E-state index in [1.165, 1.54) is 12.3 Å². The Bertz CT molecular complexity index is 674. The number of anilines is 1. The lowest BCUT2D eigenvalue weighted by atomic mass is 10.1. The molecule has 108 valence electrons. The molecule has 2 heterocycles. The van der Waals surface area contributed by atoms with Crippen LogP contribution in [0.5, 0.6) is 0 Å². The van der Waals surface area contributed by atoms with Gasteiger partial charge in [0.1, 0.15) is 0 Å². The summed E-state index contributed by atoms with van der Waals surface area (Å²) in [6, 6.07) is 9.24. The summed E-state index contributed by atoms with van der Waals surface area (Å²) in [5, 5.41) is 3.35. The van der Waals surface area contributed by atoms with Gasteiger partial charge in [0.15, 0.2) is 5.82 Å². The van der Waals surface area contributed by atoms with Crippen molar-refractivity contribution in [3.8, 4) is 0 Å². The number of carbonyl (C=O) groups excluding carboxylic acids is 1. The first kappa shape index (κ1) is 13.7. The zero-order valence-corrected chi connectivity index (χ0v) is 11.7. The van der Waals surface area contributed by atoms with Gasteiger partial charge in [-0.3, -0.25) is 9.78 Å². The highest BCUT2D eigenvalue weighted by Crippen LogP contribution is 2.25. The fraction of sp³-hybridized carbons (Fsp3) is 0.250. The lowest BCUT2D eigenvalue weighted by molar-refractivity contribution is 0.0981. The molecule has 0 bridgehead atoms. The number of benzene rings is 1. The van der Waals surface area contributed by atoms with E-state index in [-0.39, 0.29) is 17.5 Å². The fourth-order valence-corrected chi connectivity index (χ4v) is 2.53. The number of aromatic nitrogens is 1. The number of para-hydroxylation sites is 1. The Morgan fingerprint density at radius 1 is 1.38 bits per heavy atom. The molecule has 2 aromatic rings. The van der Waals surface area contributed by atoms with Gasteiger partial charge in [-0.1, -0.05) is 18.2 Å². The van der Waals surface area contributed by atoms with E-state index in [0.717, 1.165) is 17.4 Å². The predicted molar refractivity (Wildman–Crippen MR) is 78.6 cm³/mol. The number of rotatable bonds is 1. The van der Waals surface area contributed by atoms with Crippen molar-refractivity contribution in [2.75, 3.05) is 11.4 Å². The van der Waals surface area contributed by atoms with E-state index in [4.69, 9.17) is 0 Å². The minimum atomic E-state index is -0.593. The van der Waals surface area contributed by atoms with E-state index in [0.29, 0.717) is 13.1 Å². The van der Waals surface area contributed by atoms with Gasteiger partial charge < -0.3 is 10.2 Å². The molecule has 0 radical (unpaired) electrons. The maximum Gasteiger partial charge on any atom is 0.261 e. The van der Waals surface area contributed by atoms with Gasteiger partial charge in [0, 0.05) is 31.0 Å². The molecule has 0 saturated heterocycles. The minimum absolute atomic E-state index is 0.0499. The maximum absolute atomic E-state index is 13.8. The normalized spacial score (nSPS) is 18.0. The molecule has 0 aliphatic carbocycles. The van der Waals surface area contributed by atoms with E-state index in [1.54, 1.807) is 4.90 Å². The first-order valence-electron chi connectivity index (χ1n) is 6.89. The highest BCUT2D eigenvalue weighted by Gasteiger charge is 2.26. The fourth-order valence-electron chi connectivity index (χ4n) is 2.53. The first-order chi connectivity index (χ1) is 10.2. The summed E-state index contributed by atoms with van der Waals surface area (Å²) in [7, 11) is 0. The smallest absolute Gasteiger partial charge is 0.261 e.